The van der Waals surface area contributed by atoms with E-state index in [9.17, 15) is 4.39 Å². The molecule has 0 spiro atoms. The molecule has 0 aliphatic carbocycles. The maximum atomic E-state index is 13.5. The van der Waals surface area contributed by atoms with Crippen LogP contribution in [0, 0.1) is 9.39 Å². The predicted octanol–water partition coefficient (Wildman–Crippen LogP) is 4.10. The van der Waals surface area contributed by atoms with Crippen LogP contribution in [0.2, 0.25) is 0 Å². The van der Waals surface area contributed by atoms with Gasteiger partial charge in [-0.1, -0.05) is 0 Å². The lowest BCUT2D eigenvalue weighted by molar-refractivity contribution is 0.591. The third-order valence-electron chi connectivity index (χ3n) is 2.44. The fraction of sp³-hybridized carbons (Fsp3) is 0.364. The van der Waals surface area contributed by atoms with Gasteiger partial charge in [0.15, 0.2) is 0 Å². The third kappa shape index (κ3) is 1.93. The first-order valence-electron chi connectivity index (χ1n) is 4.96. The van der Waals surface area contributed by atoms with E-state index in [1.807, 2.05) is 41.0 Å². The first-order valence-corrected chi connectivity index (χ1v) is 6.57. The van der Waals surface area contributed by atoms with E-state index in [1.54, 1.807) is 6.07 Å². The standard InChI is InChI=1S/C11H11ClFIN2/c1-6(2)16-10-3-7(13)8(14)4-9(10)15-11(16)5-12/h3-4,6H,5H2,1-2H3. The van der Waals surface area contributed by atoms with Crippen LogP contribution >= 0.6 is 34.2 Å². The van der Waals surface area contributed by atoms with Crippen molar-refractivity contribution < 1.29 is 4.39 Å². The Labute approximate surface area is 112 Å². The van der Waals surface area contributed by atoms with Crippen molar-refractivity contribution in [3.8, 4) is 0 Å². The Morgan fingerprint density at radius 2 is 2.19 bits per heavy atom. The van der Waals surface area contributed by atoms with Crippen molar-refractivity contribution in [3.05, 3.63) is 27.3 Å². The SMILES string of the molecule is CC(C)n1c(CCl)nc2cc(I)c(F)cc21. The summed E-state index contributed by atoms with van der Waals surface area (Å²) in [7, 11) is 0. The molecule has 2 nitrogen and oxygen atoms in total. The molecule has 0 bridgehead atoms. The van der Waals surface area contributed by atoms with Crippen molar-refractivity contribution in [3.63, 3.8) is 0 Å². The summed E-state index contributed by atoms with van der Waals surface area (Å²) in [6.45, 7) is 4.07. The molecule has 1 heterocycles. The Morgan fingerprint density at radius 1 is 1.50 bits per heavy atom. The largest absolute Gasteiger partial charge is 0.324 e. The number of rotatable bonds is 2. The topological polar surface area (TPSA) is 17.8 Å². The highest BCUT2D eigenvalue weighted by atomic mass is 127. The average molecular weight is 353 g/mol. The highest BCUT2D eigenvalue weighted by Crippen LogP contribution is 2.25. The van der Waals surface area contributed by atoms with Crippen LogP contribution in [0.3, 0.4) is 0 Å². The van der Waals surface area contributed by atoms with Gasteiger partial charge in [0.1, 0.15) is 11.6 Å². The molecule has 0 aliphatic rings. The molecule has 2 rings (SSSR count). The fourth-order valence-electron chi connectivity index (χ4n) is 1.81. The predicted molar refractivity (Wildman–Crippen MR) is 72.4 cm³/mol. The highest BCUT2D eigenvalue weighted by molar-refractivity contribution is 14.1. The molecule has 0 radical (unpaired) electrons. The second kappa shape index (κ2) is 4.49. The summed E-state index contributed by atoms with van der Waals surface area (Å²) in [5.74, 6) is 0.912. The first kappa shape index (κ1) is 12.1. The molecule has 1 aromatic carbocycles. The van der Waals surface area contributed by atoms with Gasteiger partial charge in [-0.05, 0) is 42.5 Å². The molecule has 0 aliphatic heterocycles. The third-order valence-corrected chi connectivity index (χ3v) is 3.51. The minimum atomic E-state index is -0.212. The van der Waals surface area contributed by atoms with E-state index in [2.05, 4.69) is 4.98 Å². The molecular formula is C11H11ClFIN2. The normalized spacial score (nSPS) is 11.6. The van der Waals surface area contributed by atoms with Gasteiger partial charge in [-0.2, -0.15) is 0 Å². The monoisotopic (exact) mass is 352 g/mol. The van der Waals surface area contributed by atoms with Crippen molar-refractivity contribution in [2.75, 3.05) is 0 Å². The van der Waals surface area contributed by atoms with E-state index in [0.717, 1.165) is 16.9 Å². The van der Waals surface area contributed by atoms with Gasteiger partial charge in [0.2, 0.25) is 0 Å². The number of hydrogen-bond donors (Lipinski definition) is 0. The number of benzene rings is 1. The molecule has 0 N–H and O–H groups in total. The van der Waals surface area contributed by atoms with Crippen LogP contribution in [0.25, 0.3) is 11.0 Å². The van der Waals surface area contributed by atoms with Gasteiger partial charge in [0.25, 0.3) is 0 Å². The van der Waals surface area contributed by atoms with Crippen molar-refractivity contribution in [2.45, 2.75) is 25.8 Å². The van der Waals surface area contributed by atoms with Crippen molar-refractivity contribution in [1.82, 2.24) is 9.55 Å². The molecule has 1 aromatic heterocycles. The molecule has 0 amide bonds. The lowest BCUT2D eigenvalue weighted by Gasteiger charge is -2.11. The van der Waals surface area contributed by atoms with E-state index in [0.29, 0.717) is 9.45 Å². The minimum absolute atomic E-state index is 0.212. The summed E-state index contributed by atoms with van der Waals surface area (Å²) in [5.41, 5.74) is 1.61. The zero-order valence-corrected chi connectivity index (χ0v) is 11.9. The zero-order chi connectivity index (χ0) is 11.9. The molecule has 5 heteroatoms. The summed E-state index contributed by atoms with van der Waals surface area (Å²) >= 11 is 7.81. The molecule has 0 saturated heterocycles. The Hall–Kier alpha value is -0.360. The number of imidazole rings is 1. The van der Waals surface area contributed by atoms with Crippen LogP contribution in [-0.2, 0) is 5.88 Å². The van der Waals surface area contributed by atoms with E-state index in [-0.39, 0.29) is 11.9 Å². The van der Waals surface area contributed by atoms with Crippen LogP contribution in [0.15, 0.2) is 12.1 Å². The number of fused-ring (bicyclic) bond motifs is 1. The van der Waals surface area contributed by atoms with E-state index >= 15 is 0 Å². The quantitative estimate of drug-likeness (QED) is 0.588. The number of hydrogen-bond acceptors (Lipinski definition) is 1. The van der Waals surface area contributed by atoms with Gasteiger partial charge < -0.3 is 4.57 Å². The van der Waals surface area contributed by atoms with E-state index in [1.165, 1.54) is 6.07 Å². The Kier molecular flexibility index (Phi) is 3.39. The molecule has 0 unspecified atom stereocenters. The summed E-state index contributed by atoms with van der Waals surface area (Å²) in [4.78, 5) is 4.41. The Bertz CT molecular complexity index is 536. The highest BCUT2D eigenvalue weighted by Gasteiger charge is 2.14. The number of aromatic nitrogens is 2. The lowest BCUT2D eigenvalue weighted by Crippen LogP contribution is -2.04. The zero-order valence-electron chi connectivity index (χ0n) is 8.97. The Balaban J connectivity index is 2.79. The van der Waals surface area contributed by atoms with Crippen LogP contribution in [-0.4, -0.2) is 9.55 Å². The maximum Gasteiger partial charge on any atom is 0.138 e. The van der Waals surface area contributed by atoms with Crippen molar-refractivity contribution in [2.24, 2.45) is 0 Å². The first-order chi connectivity index (χ1) is 7.54. The summed E-state index contributed by atoms with van der Waals surface area (Å²) in [6, 6.07) is 3.50. The number of nitrogens with zero attached hydrogens (tertiary/aromatic N) is 2. The van der Waals surface area contributed by atoms with Gasteiger partial charge in [-0.15, -0.1) is 11.6 Å². The van der Waals surface area contributed by atoms with Crippen LogP contribution < -0.4 is 0 Å². The van der Waals surface area contributed by atoms with E-state index < -0.39 is 0 Å². The van der Waals surface area contributed by atoms with Crippen LogP contribution in [0.4, 0.5) is 4.39 Å². The smallest absolute Gasteiger partial charge is 0.138 e. The molecular weight excluding hydrogens is 341 g/mol. The summed E-state index contributed by atoms with van der Waals surface area (Å²) < 4.78 is 16.1. The average Bonchev–Trinajstić information content (AvgIpc) is 2.56. The molecule has 0 saturated carbocycles. The van der Waals surface area contributed by atoms with Crippen LogP contribution in [0.1, 0.15) is 25.7 Å². The molecule has 0 fully saturated rings. The van der Waals surface area contributed by atoms with Gasteiger partial charge in [-0.25, -0.2) is 9.37 Å². The fourth-order valence-corrected chi connectivity index (χ4v) is 2.45. The molecule has 2 aromatic rings. The van der Waals surface area contributed by atoms with Crippen LogP contribution in [0.5, 0.6) is 0 Å². The second-order valence-corrected chi connectivity index (χ2v) is 5.31. The van der Waals surface area contributed by atoms with Gasteiger partial charge in [0.05, 0.1) is 20.5 Å². The minimum Gasteiger partial charge on any atom is -0.324 e. The molecule has 0 atom stereocenters. The molecule has 86 valence electrons. The number of halogens is 3. The van der Waals surface area contributed by atoms with Crippen molar-refractivity contribution in [1.29, 1.82) is 0 Å². The van der Waals surface area contributed by atoms with E-state index in [4.69, 9.17) is 11.6 Å². The number of alkyl halides is 1. The van der Waals surface area contributed by atoms with Crippen molar-refractivity contribution >= 4 is 45.2 Å². The summed E-state index contributed by atoms with van der Waals surface area (Å²) in [6.07, 6.45) is 0. The summed E-state index contributed by atoms with van der Waals surface area (Å²) in [5, 5.41) is 0. The Morgan fingerprint density at radius 3 is 2.75 bits per heavy atom. The van der Waals surface area contributed by atoms with Gasteiger partial charge in [0, 0.05) is 12.1 Å². The maximum absolute atomic E-state index is 13.5. The molecule has 16 heavy (non-hydrogen) atoms. The van der Waals surface area contributed by atoms with Gasteiger partial charge in [-0.3, -0.25) is 0 Å². The second-order valence-electron chi connectivity index (χ2n) is 3.88. The van der Waals surface area contributed by atoms with Gasteiger partial charge >= 0.3 is 0 Å². The lowest BCUT2D eigenvalue weighted by atomic mass is 10.3.